The number of ether oxygens (including phenoxy) is 2. The number of aromatic amines is 1. The lowest BCUT2D eigenvalue weighted by Crippen LogP contribution is -2.55. The zero-order valence-electron chi connectivity index (χ0n) is 13.6. The predicted octanol–water partition coefficient (Wildman–Crippen LogP) is 2.47. The van der Waals surface area contributed by atoms with Gasteiger partial charge in [-0.25, -0.2) is 4.79 Å². The Labute approximate surface area is 131 Å². The lowest BCUT2D eigenvalue weighted by molar-refractivity contribution is -0.113. The van der Waals surface area contributed by atoms with Gasteiger partial charge in [0.15, 0.2) is 0 Å². The molecule has 122 valence electrons. The summed E-state index contributed by atoms with van der Waals surface area (Å²) < 4.78 is 11.3. The molecule has 1 N–H and O–H groups in total. The van der Waals surface area contributed by atoms with Gasteiger partial charge in [-0.3, -0.25) is 5.10 Å². The van der Waals surface area contributed by atoms with E-state index in [9.17, 15) is 4.79 Å². The SMILES string of the molecule is CC(C)(C)OC(=O)N1CCC(c2ccn[nH]2)(C2CCO2)CC1. The molecule has 2 aliphatic heterocycles. The number of hydrogen-bond acceptors (Lipinski definition) is 4. The molecule has 22 heavy (non-hydrogen) atoms. The van der Waals surface area contributed by atoms with Gasteiger partial charge in [0.1, 0.15) is 5.60 Å². The van der Waals surface area contributed by atoms with E-state index >= 15 is 0 Å². The van der Waals surface area contributed by atoms with E-state index in [1.165, 1.54) is 0 Å². The molecule has 2 fully saturated rings. The highest BCUT2D eigenvalue weighted by Crippen LogP contribution is 2.43. The third-order valence-corrected chi connectivity index (χ3v) is 4.66. The predicted molar refractivity (Wildman–Crippen MR) is 81.7 cm³/mol. The number of rotatable bonds is 2. The van der Waals surface area contributed by atoms with E-state index in [-0.39, 0.29) is 17.6 Å². The van der Waals surface area contributed by atoms with Crippen molar-refractivity contribution >= 4 is 6.09 Å². The van der Waals surface area contributed by atoms with Crippen LogP contribution in [-0.4, -0.2) is 52.6 Å². The quantitative estimate of drug-likeness (QED) is 0.911. The number of likely N-dealkylation sites (tertiary alicyclic amines) is 1. The lowest BCUT2D eigenvalue weighted by Gasteiger charge is -2.48. The Morgan fingerprint density at radius 1 is 1.45 bits per heavy atom. The molecule has 1 aromatic rings. The van der Waals surface area contributed by atoms with Gasteiger partial charge < -0.3 is 14.4 Å². The van der Waals surface area contributed by atoms with E-state index in [0.717, 1.165) is 31.6 Å². The van der Waals surface area contributed by atoms with Gasteiger partial charge in [-0.1, -0.05) is 0 Å². The zero-order valence-corrected chi connectivity index (χ0v) is 13.6. The number of H-pyrrole nitrogens is 1. The van der Waals surface area contributed by atoms with Gasteiger partial charge in [0.25, 0.3) is 0 Å². The van der Waals surface area contributed by atoms with Crippen molar-refractivity contribution < 1.29 is 14.3 Å². The first-order valence-corrected chi connectivity index (χ1v) is 8.00. The normalized spacial score (nSPS) is 24.7. The molecule has 0 aliphatic carbocycles. The van der Waals surface area contributed by atoms with Crippen LogP contribution in [0.4, 0.5) is 4.79 Å². The molecule has 0 spiro atoms. The van der Waals surface area contributed by atoms with Crippen LogP contribution in [0.25, 0.3) is 0 Å². The largest absolute Gasteiger partial charge is 0.444 e. The van der Waals surface area contributed by atoms with E-state index in [0.29, 0.717) is 13.1 Å². The molecule has 0 aromatic carbocycles. The van der Waals surface area contributed by atoms with Crippen molar-refractivity contribution in [2.45, 2.75) is 57.2 Å². The van der Waals surface area contributed by atoms with Crippen LogP contribution in [0.3, 0.4) is 0 Å². The highest BCUT2D eigenvalue weighted by Gasteiger charge is 2.48. The summed E-state index contributed by atoms with van der Waals surface area (Å²) in [4.78, 5) is 14.0. The van der Waals surface area contributed by atoms with Crippen molar-refractivity contribution in [3.05, 3.63) is 18.0 Å². The molecule has 1 unspecified atom stereocenters. The van der Waals surface area contributed by atoms with Crippen LogP contribution < -0.4 is 0 Å². The van der Waals surface area contributed by atoms with Crippen molar-refractivity contribution in [2.24, 2.45) is 0 Å². The van der Waals surface area contributed by atoms with Crippen LogP contribution in [0.1, 0.15) is 45.7 Å². The van der Waals surface area contributed by atoms with Gasteiger partial charge in [-0.15, -0.1) is 0 Å². The third-order valence-electron chi connectivity index (χ3n) is 4.66. The van der Waals surface area contributed by atoms with E-state index in [1.807, 2.05) is 26.8 Å². The molecule has 6 nitrogen and oxygen atoms in total. The summed E-state index contributed by atoms with van der Waals surface area (Å²) in [7, 11) is 0. The topological polar surface area (TPSA) is 67.5 Å². The third kappa shape index (κ3) is 2.84. The highest BCUT2D eigenvalue weighted by molar-refractivity contribution is 5.68. The molecule has 0 bridgehead atoms. The number of hydrogen-bond donors (Lipinski definition) is 1. The summed E-state index contributed by atoms with van der Waals surface area (Å²) in [5.41, 5.74) is 0.625. The van der Waals surface area contributed by atoms with Gasteiger partial charge in [0.05, 0.1) is 6.10 Å². The minimum absolute atomic E-state index is 0.0484. The summed E-state index contributed by atoms with van der Waals surface area (Å²) in [5.74, 6) is 0. The first-order valence-electron chi connectivity index (χ1n) is 8.00. The summed E-state index contributed by atoms with van der Waals surface area (Å²) in [5, 5.41) is 7.21. The van der Waals surface area contributed by atoms with Gasteiger partial charge in [-0.2, -0.15) is 5.10 Å². The van der Waals surface area contributed by atoms with Crippen LogP contribution in [0.2, 0.25) is 0 Å². The Morgan fingerprint density at radius 3 is 2.59 bits per heavy atom. The summed E-state index contributed by atoms with van der Waals surface area (Å²) in [6, 6.07) is 2.03. The maximum absolute atomic E-state index is 12.2. The molecule has 6 heteroatoms. The minimum Gasteiger partial charge on any atom is -0.444 e. The maximum Gasteiger partial charge on any atom is 0.410 e. The van der Waals surface area contributed by atoms with E-state index < -0.39 is 5.60 Å². The van der Waals surface area contributed by atoms with Crippen LogP contribution in [-0.2, 0) is 14.9 Å². The second-order valence-corrected chi connectivity index (χ2v) is 7.24. The number of amides is 1. The first-order chi connectivity index (χ1) is 10.4. The Hall–Kier alpha value is -1.56. The number of carbonyl (C=O) groups is 1. The number of nitrogens with one attached hydrogen (secondary N) is 1. The lowest BCUT2D eigenvalue weighted by atomic mass is 9.69. The van der Waals surface area contributed by atoms with E-state index in [1.54, 1.807) is 11.1 Å². The molecular formula is C16H25N3O3. The van der Waals surface area contributed by atoms with Gasteiger partial charge in [0, 0.05) is 37.0 Å². The minimum atomic E-state index is -0.452. The second kappa shape index (κ2) is 5.57. The summed E-state index contributed by atoms with van der Waals surface area (Å²) in [6.45, 7) is 7.89. The molecule has 2 aliphatic rings. The summed E-state index contributed by atoms with van der Waals surface area (Å²) in [6.07, 6.45) is 4.62. The van der Waals surface area contributed by atoms with Crippen molar-refractivity contribution in [1.29, 1.82) is 0 Å². The molecule has 3 rings (SSSR count). The number of piperidine rings is 1. The highest BCUT2D eigenvalue weighted by atomic mass is 16.6. The second-order valence-electron chi connectivity index (χ2n) is 7.24. The van der Waals surface area contributed by atoms with Crippen LogP contribution in [0.15, 0.2) is 12.3 Å². The Balaban J connectivity index is 1.69. The average Bonchev–Trinajstić information content (AvgIpc) is 2.89. The average molecular weight is 307 g/mol. The standard InChI is InChI=1S/C16H25N3O3/c1-15(2,3)22-14(20)19-9-6-16(7-10-19,13-5-11-21-13)12-4-8-17-18-12/h4,8,13H,5-7,9-11H2,1-3H3,(H,17,18). The summed E-state index contributed by atoms with van der Waals surface area (Å²) >= 11 is 0. The van der Waals surface area contributed by atoms with E-state index in [4.69, 9.17) is 9.47 Å². The number of aromatic nitrogens is 2. The zero-order chi connectivity index (χ0) is 15.8. The molecule has 2 saturated heterocycles. The van der Waals surface area contributed by atoms with Gasteiger partial charge in [0.2, 0.25) is 0 Å². The van der Waals surface area contributed by atoms with E-state index in [2.05, 4.69) is 10.2 Å². The number of carbonyl (C=O) groups excluding carboxylic acids is 1. The van der Waals surface area contributed by atoms with Crippen LogP contribution in [0.5, 0.6) is 0 Å². The van der Waals surface area contributed by atoms with Crippen LogP contribution in [0, 0.1) is 0 Å². The molecule has 1 aromatic heterocycles. The van der Waals surface area contributed by atoms with Crippen molar-refractivity contribution in [1.82, 2.24) is 15.1 Å². The molecule has 0 saturated carbocycles. The molecule has 3 heterocycles. The van der Waals surface area contributed by atoms with Crippen molar-refractivity contribution in [3.63, 3.8) is 0 Å². The molecule has 1 atom stereocenters. The Kier molecular flexibility index (Phi) is 3.89. The monoisotopic (exact) mass is 307 g/mol. The van der Waals surface area contributed by atoms with Crippen molar-refractivity contribution in [2.75, 3.05) is 19.7 Å². The Bertz CT molecular complexity index is 509. The number of nitrogens with zero attached hydrogens (tertiary/aromatic N) is 2. The molecule has 1 amide bonds. The smallest absolute Gasteiger partial charge is 0.410 e. The fraction of sp³-hybridized carbons (Fsp3) is 0.750. The molecule has 0 radical (unpaired) electrons. The van der Waals surface area contributed by atoms with Gasteiger partial charge in [-0.05, 0) is 46.1 Å². The molecular weight excluding hydrogens is 282 g/mol. The first kappa shape index (κ1) is 15.3. The van der Waals surface area contributed by atoms with Crippen molar-refractivity contribution in [3.8, 4) is 0 Å². The Morgan fingerprint density at radius 2 is 2.14 bits per heavy atom. The fourth-order valence-electron chi connectivity index (χ4n) is 3.38. The maximum atomic E-state index is 12.2. The van der Waals surface area contributed by atoms with Crippen LogP contribution >= 0.6 is 0 Å². The fourth-order valence-corrected chi connectivity index (χ4v) is 3.38. The van der Waals surface area contributed by atoms with Gasteiger partial charge >= 0.3 is 6.09 Å².